The fraction of sp³-hybridized carbons (Fsp3) is 0.429. The van der Waals surface area contributed by atoms with Crippen LogP contribution in [-0.4, -0.2) is 0 Å². The first kappa shape index (κ1) is 6.75. The molecule has 50 valence electrons. The first-order chi connectivity index (χ1) is 4.24. The molecule has 0 aliphatic heterocycles. The van der Waals surface area contributed by atoms with Crippen molar-refractivity contribution in [2.45, 2.75) is 19.6 Å². The lowest BCUT2D eigenvalue weighted by Crippen LogP contribution is -1.72. The molecule has 1 nitrogen and oxygen atoms in total. The Labute approximate surface area is 60.5 Å². The summed E-state index contributed by atoms with van der Waals surface area (Å²) < 4.78 is 5.26. The molecule has 0 amide bonds. The smallest absolute Gasteiger partial charge is 0.105 e. The normalized spacial score (nSPS) is 10.1. The molecule has 0 aliphatic rings. The molecule has 0 radical (unpaired) electrons. The number of furan rings is 1. The molecule has 0 spiro atoms. The maximum absolute atomic E-state index is 5.26. The standard InChI is InChI=1S/C7H10OS/c1-5-3-7(4-9)6(2)8-5/h3,9H,4H2,1-2H3. The molecule has 0 aromatic carbocycles. The van der Waals surface area contributed by atoms with Crippen LogP contribution in [0.4, 0.5) is 0 Å². The van der Waals surface area contributed by atoms with Crippen LogP contribution in [0.3, 0.4) is 0 Å². The van der Waals surface area contributed by atoms with Crippen molar-refractivity contribution in [3.05, 3.63) is 23.2 Å². The third-order valence-corrected chi connectivity index (χ3v) is 1.65. The minimum atomic E-state index is 0.767. The van der Waals surface area contributed by atoms with Crippen molar-refractivity contribution in [3.63, 3.8) is 0 Å². The molecule has 9 heavy (non-hydrogen) atoms. The van der Waals surface area contributed by atoms with Crippen LogP contribution in [-0.2, 0) is 5.75 Å². The Hall–Kier alpha value is -0.370. The minimum absolute atomic E-state index is 0.767. The van der Waals surface area contributed by atoms with Gasteiger partial charge in [0.25, 0.3) is 0 Å². The third-order valence-electron chi connectivity index (χ3n) is 1.31. The molecule has 1 aromatic heterocycles. The number of rotatable bonds is 1. The lowest BCUT2D eigenvalue weighted by Gasteiger charge is -1.86. The van der Waals surface area contributed by atoms with Gasteiger partial charge in [-0.3, -0.25) is 0 Å². The van der Waals surface area contributed by atoms with Crippen LogP contribution in [0.25, 0.3) is 0 Å². The van der Waals surface area contributed by atoms with Crippen LogP contribution in [0.2, 0.25) is 0 Å². The van der Waals surface area contributed by atoms with Crippen molar-refractivity contribution in [1.82, 2.24) is 0 Å². The van der Waals surface area contributed by atoms with Gasteiger partial charge in [0.15, 0.2) is 0 Å². The molecule has 0 fully saturated rings. The summed E-state index contributed by atoms with van der Waals surface area (Å²) in [6.45, 7) is 3.90. The van der Waals surface area contributed by atoms with Gasteiger partial charge in [-0.05, 0) is 19.9 Å². The molecule has 0 aliphatic carbocycles. The van der Waals surface area contributed by atoms with Gasteiger partial charge in [0.2, 0.25) is 0 Å². The number of hydrogen-bond acceptors (Lipinski definition) is 2. The van der Waals surface area contributed by atoms with E-state index in [-0.39, 0.29) is 0 Å². The number of aryl methyl sites for hydroxylation is 2. The SMILES string of the molecule is Cc1cc(CS)c(C)o1. The Morgan fingerprint density at radius 2 is 2.22 bits per heavy atom. The highest BCUT2D eigenvalue weighted by Gasteiger charge is 1.99. The summed E-state index contributed by atoms with van der Waals surface area (Å²) in [5, 5.41) is 0. The lowest BCUT2D eigenvalue weighted by molar-refractivity contribution is 0.502. The molecule has 0 unspecified atom stereocenters. The van der Waals surface area contributed by atoms with E-state index in [1.54, 1.807) is 0 Å². The number of hydrogen-bond donors (Lipinski definition) is 1. The topological polar surface area (TPSA) is 13.1 Å². The first-order valence-corrected chi connectivity index (χ1v) is 3.54. The molecule has 0 N–H and O–H groups in total. The largest absolute Gasteiger partial charge is 0.466 e. The van der Waals surface area contributed by atoms with Gasteiger partial charge in [0.1, 0.15) is 11.5 Å². The van der Waals surface area contributed by atoms with Gasteiger partial charge >= 0.3 is 0 Å². The van der Waals surface area contributed by atoms with E-state index >= 15 is 0 Å². The minimum Gasteiger partial charge on any atom is -0.466 e. The fourth-order valence-corrected chi connectivity index (χ4v) is 1.15. The highest BCUT2D eigenvalue weighted by Crippen LogP contribution is 2.14. The second-order valence-corrected chi connectivity index (χ2v) is 2.41. The van der Waals surface area contributed by atoms with Gasteiger partial charge in [0.05, 0.1) is 0 Å². The second-order valence-electron chi connectivity index (χ2n) is 2.10. The van der Waals surface area contributed by atoms with Gasteiger partial charge in [-0.1, -0.05) is 0 Å². The van der Waals surface area contributed by atoms with Crippen molar-refractivity contribution < 1.29 is 4.42 Å². The molecule has 1 heterocycles. The summed E-state index contributed by atoms with van der Waals surface area (Å²) in [5.41, 5.74) is 1.19. The van der Waals surface area contributed by atoms with Crippen LogP contribution in [0.1, 0.15) is 17.1 Å². The van der Waals surface area contributed by atoms with Gasteiger partial charge in [-0.15, -0.1) is 0 Å². The van der Waals surface area contributed by atoms with Gasteiger partial charge in [-0.25, -0.2) is 0 Å². The predicted molar refractivity (Wildman–Crippen MR) is 40.9 cm³/mol. The van der Waals surface area contributed by atoms with E-state index in [0.717, 1.165) is 17.3 Å². The maximum Gasteiger partial charge on any atom is 0.105 e. The molecule has 0 saturated heterocycles. The Morgan fingerprint density at radius 3 is 2.44 bits per heavy atom. The van der Waals surface area contributed by atoms with E-state index < -0.39 is 0 Å². The molecule has 2 heteroatoms. The summed E-state index contributed by atoms with van der Waals surface area (Å²) in [4.78, 5) is 0. The van der Waals surface area contributed by atoms with Crippen molar-refractivity contribution >= 4 is 12.6 Å². The molecule has 1 rings (SSSR count). The third kappa shape index (κ3) is 1.30. The van der Waals surface area contributed by atoms with Crippen LogP contribution in [0.15, 0.2) is 10.5 Å². The monoisotopic (exact) mass is 142 g/mol. The Bertz CT molecular complexity index is 203. The zero-order valence-corrected chi connectivity index (χ0v) is 6.53. The van der Waals surface area contributed by atoms with Crippen molar-refractivity contribution in [2.24, 2.45) is 0 Å². The van der Waals surface area contributed by atoms with Crippen molar-refractivity contribution in [2.75, 3.05) is 0 Å². The molecule has 1 aromatic rings. The summed E-state index contributed by atoms with van der Waals surface area (Å²) in [7, 11) is 0. The van der Waals surface area contributed by atoms with E-state index in [2.05, 4.69) is 12.6 Å². The van der Waals surface area contributed by atoms with Crippen LogP contribution >= 0.6 is 12.6 Å². The predicted octanol–water partition coefficient (Wildman–Crippen LogP) is 2.33. The van der Waals surface area contributed by atoms with Crippen LogP contribution < -0.4 is 0 Å². The zero-order chi connectivity index (χ0) is 6.85. The molecule has 0 bridgehead atoms. The molecule has 0 atom stereocenters. The highest BCUT2D eigenvalue weighted by atomic mass is 32.1. The molecule has 0 saturated carbocycles. The zero-order valence-electron chi connectivity index (χ0n) is 5.64. The summed E-state index contributed by atoms with van der Waals surface area (Å²) >= 11 is 4.13. The quantitative estimate of drug-likeness (QED) is 0.594. The van der Waals surface area contributed by atoms with Crippen molar-refractivity contribution in [1.29, 1.82) is 0 Å². The van der Waals surface area contributed by atoms with E-state index in [1.165, 1.54) is 5.56 Å². The van der Waals surface area contributed by atoms with Crippen LogP contribution in [0.5, 0.6) is 0 Å². The first-order valence-electron chi connectivity index (χ1n) is 2.91. The average Bonchev–Trinajstić information content (AvgIpc) is 2.10. The molecular weight excluding hydrogens is 132 g/mol. The summed E-state index contributed by atoms with van der Waals surface area (Å²) in [6.07, 6.45) is 0. The van der Waals surface area contributed by atoms with Crippen molar-refractivity contribution in [3.8, 4) is 0 Å². The average molecular weight is 142 g/mol. The Kier molecular flexibility index (Phi) is 1.86. The summed E-state index contributed by atoms with van der Waals surface area (Å²) in [5.74, 6) is 2.72. The highest BCUT2D eigenvalue weighted by molar-refractivity contribution is 7.79. The van der Waals surface area contributed by atoms with E-state index in [1.807, 2.05) is 19.9 Å². The van der Waals surface area contributed by atoms with Crippen LogP contribution in [0, 0.1) is 13.8 Å². The molecular formula is C7H10OS. The Balaban J connectivity index is 3.01. The van der Waals surface area contributed by atoms with Gasteiger partial charge in [0, 0.05) is 11.3 Å². The maximum atomic E-state index is 5.26. The lowest BCUT2D eigenvalue weighted by atomic mass is 10.3. The van der Waals surface area contributed by atoms with Gasteiger partial charge in [-0.2, -0.15) is 12.6 Å². The summed E-state index contributed by atoms with van der Waals surface area (Å²) in [6, 6.07) is 2.02. The second kappa shape index (κ2) is 2.48. The van der Waals surface area contributed by atoms with Gasteiger partial charge < -0.3 is 4.42 Å². The van der Waals surface area contributed by atoms with E-state index in [4.69, 9.17) is 4.42 Å². The van der Waals surface area contributed by atoms with E-state index in [9.17, 15) is 0 Å². The Morgan fingerprint density at radius 1 is 1.56 bits per heavy atom. The number of thiol groups is 1. The van der Waals surface area contributed by atoms with E-state index in [0.29, 0.717) is 0 Å². The fourth-order valence-electron chi connectivity index (χ4n) is 0.840.